The van der Waals surface area contributed by atoms with Gasteiger partial charge in [-0.3, -0.25) is 0 Å². The molecular weight excluding hydrogens is 242 g/mol. The van der Waals surface area contributed by atoms with E-state index in [4.69, 9.17) is 0 Å². The van der Waals surface area contributed by atoms with Gasteiger partial charge in [0.25, 0.3) is 0 Å². The SMILES string of the molecule is CC(C)C1(C)CCC(C(C)(C)C)NC2CCCCCC21. The van der Waals surface area contributed by atoms with Gasteiger partial charge in [0, 0.05) is 12.1 Å². The average Bonchev–Trinajstić information content (AvgIpc) is 2.63. The third-order valence-corrected chi connectivity index (χ3v) is 6.61. The summed E-state index contributed by atoms with van der Waals surface area (Å²) in [6.45, 7) is 14.7. The minimum absolute atomic E-state index is 0.388. The van der Waals surface area contributed by atoms with E-state index in [0.717, 1.165) is 17.9 Å². The molecule has 0 bridgehead atoms. The molecule has 0 radical (unpaired) electrons. The lowest BCUT2D eigenvalue weighted by atomic mass is 9.63. The van der Waals surface area contributed by atoms with E-state index in [2.05, 4.69) is 46.9 Å². The van der Waals surface area contributed by atoms with Crippen LogP contribution < -0.4 is 5.32 Å². The van der Waals surface area contributed by atoms with Crippen LogP contribution in [0.4, 0.5) is 0 Å². The molecule has 0 aromatic rings. The summed E-state index contributed by atoms with van der Waals surface area (Å²) in [5.74, 6) is 1.69. The Balaban J connectivity index is 2.28. The Morgan fingerprint density at radius 1 is 1.00 bits per heavy atom. The van der Waals surface area contributed by atoms with Crippen LogP contribution in [-0.4, -0.2) is 12.1 Å². The lowest BCUT2D eigenvalue weighted by molar-refractivity contribution is 0.0783. The van der Waals surface area contributed by atoms with Crippen LogP contribution >= 0.6 is 0 Å². The van der Waals surface area contributed by atoms with Gasteiger partial charge in [0.05, 0.1) is 0 Å². The van der Waals surface area contributed by atoms with Crippen molar-refractivity contribution < 1.29 is 0 Å². The van der Waals surface area contributed by atoms with E-state index >= 15 is 0 Å². The highest BCUT2D eigenvalue weighted by molar-refractivity contribution is 4.99. The number of rotatable bonds is 1. The summed E-state index contributed by atoms with van der Waals surface area (Å²) in [7, 11) is 0. The standard InChI is InChI=1S/C19H37N/c1-14(2)19(6)13-12-17(18(3,4)5)20-16-11-9-7-8-10-15(16)19/h14-17,20H,7-13H2,1-6H3. The van der Waals surface area contributed by atoms with E-state index in [1.165, 1.54) is 44.9 Å². The Morgan fingerprint density at radius 3 is 2.25 bits per heavy atom. The quantitative estimate of drug-likeness (QED) is 0.678. The molecule has 4 atom stereocenters. The zero-order valence-electron chi connectivity index (χ0n) is 14.8. The second-order valence-corrected chi connectivity index (χ2v) is 9.14. The van der Waals surface area contributed by atoms with Crippen molar-refractivity contribution in [2.45, 2.75) is 98.6 Å². The summed E-state index contributed by atoms with van der Waals surface area (Å²) >= 11 is 0. The van der Waals surface area contributed by atoms with Gasteiger partial charge >= 0.3 is 0 Å². The molecule has 1 heteroatoms. The first-order chi connectivity index (χ1) is 9.25. The van der Waals surface area contributed by atoms with Crippen LogP contribution in [-0.2, 0) is 0 Å². The van der Waals surface area contributed by atoms with Gasteiger partial charge in [-0.2, -0.15) is 0 Å². The molecule has 1 N–H and O–H groups in total. The summed E-state index contributed by atoms with van der Waals surface area (Å²) in [4.78, 5) is 0. The maximum absolute atomic E-state index is 4.11. The highest BCUT2D eigenvalue weighted by Gasteiger charge is 2.45. The Kier molecular flexibility index (Phi) is 4.89. The van der Waals surface area contributed by atoms with Crippen LogP contribution in [0.5, 0.6) is 0 Å². The number of fused-ring (bicyclic) bond motifs is 1. The first-order valence-corrected chi connectivity index (χ1v) is 9.01. The third-order valence-electron chi connectivity index (χ3n) is 6.61. The lowest BCUT2D eigenvalue weighted by Gasteiger charge is -2.43. The summed E-state index contributed by atoms with van der Waals surface area (Å²) in [6, 6.07) is 1.45. The van der Waals surface area contributed by atoms with E-state index < -0.39 is 0 Å². The highest BCUT2D eigenvalue weighted by Crippen LogP contribution is 2.49. The summed E-state index contributed by atoms with van der Waals surface area (Å²) in [6.07, 6.45) is 9.93. The zero-order valence-corrected chi connectivity index (χ0v) is 14.8. The van der Waals surface area contributed by atoms with Crippen LogP contribution in [0, 0.1) is 22.7 Å². The number of hydrogen-bond donors (Lipinski definition) is 1. The van der Waals surface area contributed by atoms with E-state index in [-0.39, 0.29) is 0 Å². The monoisotopic (exact) mass is 279 g/mol. The molecule has 118 valence electrons. The minimum atomic E-state index is 0.388. The highest BCUT2D eigenvalue weighted by atomic mass is 15.0. The van der Waals surface area contributed by atoms with Crippen molar-refractivity contribution in [1.29, 1.82) is 0 Å². The Morgan fingerprint density at radius 2 is 1.65 bits per heavy atom. The van der Waals surface area contributed by atoms with Crippen molar-refractivity contribution in [1.82, 2.24) is 5.32 Å². The molecule has 2 aliphatic rings. The molecule has 2 rings (SSSR count). The normalized spacial score (nSPS) is 40.0. The smallest absolute Gasteiger partial charge is 0.0118 e. The Labute approximate surface area is 127 Å². The molecular formula is C19H37N. The minimum Gasteiger partial charge on any atom is -0.310 e. The van der Waals surface area contributed by atoms with Crippen molar-refractivity contribution in [2.75, 3.05) is 0 Å². The van der Waals surface area contributed by atoms with Crippen molar-refractivity contribution in [3.05, 3.63) is 0 Å². The van der Waals surface area contributed by atoms with Crippen molar-refractivity contribution in [3.8, 4) is 0 Å². The zero-order chi connectivity index (χ0) is 15.0. The lowest BCUT2D eigenvalue weighted by Crippen LogP contribution is -2.48. The Bertz CT molecular complexity index is 314. The van der Waals surface area contributed by atoms with E-state index in [0.29, 0.717) is 16.9 Å². The molecule has 1 aliphatic carbocycles. The molecule has 1 aliphatic heterocycles. The van der Waals surface area contributed by atoms with E-state index in [9.17, 15) is 0 Å². The predicted octanol–water partition coefficient (Wildman–Crippen LogP) is 5.40. The molecule has 1 saturated heterocycles. The Hall–Kier alpha value is -0.0400. The van der Waals surface area contributed by atoms with Crippen LogP contribution in [0.3, 0.4) is 0 Å². The second kappa shape index (κ2) is 5.99. The number of hydrogen-bond acceptors (Lipinski definition) is 1. The fraction of sp³-hybridized carbons (Fsp3) is 1.00. The van der Waals surface area contributed by atoms with Crippen LogP contribution in [0.15, 0.2) is 0 Å². The van der Waals surface area contributed by atoms with Gasteiger partial charge in [0.15, 0.2) is 0 Å². The molecule has 0 aromatic carbocycles. The molecule has 0 amide bonds. The fourth-order valence-corrected chi connectivity index (χ4v) is 4.68. The molecule has 2 fully saturated rings. The molecule has 0 spiro atoms. The van der Waals surface area contributed by atoms with Crippen molar-refractivity contribution in [3.63, 3.8) is 0 Å². The van der Waals surface area contributed by atoms with Gasteiger partial charge in [0.2, 0.25) is 0 Å². The first kappa shape index (κ1) is 16.3. The van der Waals surface area contributed by atoms with Gasteiger partial charge < -0.3 is 5.32 Å². The maximum Gasteiger partial charge on any atom is 0.0118 e. The van der Waals surface area contributed by atoms with Gasteiger partial charge in [-0.15, -0.1) is 0 Å². The summed E-state index contributed by atoms with van der Waals surface area (Å²) in [5, 5.41) is 4.11. The van der Waals surface area contributed by atoms with Crippen LogP contribution in [0.1, 0.15) is 86.5 Å². The molecule has 0 aromatic heterocycles. The topological polar surface area (TPSA) is 12.0 Å². The average molecular weight is 280 g/mol. The molecule has 1 heterocycles. The van der Waals surface area contributed by atoms with Gasteiger partial charge in [-0.1, -0.05) is 60.8 Å². The van der Waals surface area contributed by atoms with Gasteiger partial charge in [-0.05, 0) is 48.3 Å². The van der Waals surface area contributed by atoms with Crippen molar-refractivity contribution in [2.24, 2.45) is 22.7 Å². The molecule has 1 nitrogen and oxygen atoms in total. The third kappa shape index (κ3) is 3.24. The molecule has 20 heavy (non-hydrogen) atoms. The largest absolute Gasteiger partial charge is 0.310 e. The number of nitrogens with one attached hydrogen (secondary N) is 1. The molecule has 4 unspecified atom stereocenters. The van der Waals surface area contributed by atoms with Gasteiger partial charge in [-0.25, -0.2) is 0 Å². The fourth-order valence-electron chi connectivity index (χ4n) is 4.68. The summed E-state index contributed by atoms with van der Waals surface area (Å²) in [5.41, 5.74) is 0.918. The van der Waals surface area contributed by atoms with Crippen LogP contribution in [0.2, 0.25) is 0 Å². The summed E-state index contributed by atoms with van der Waals surface area (Å²) < 4.78 is 0. The van der Waals surface area contributed by atoms with E-state index in [1.54, 1.807) is 0 Å². The second-order valence-electron chi connectivity index (χ2n) is 9.14. The molecule has 1 saturated carbocycles. The maximum atomic E-state index is 4.11. The van der Waals surface area contributed by atoms with Crippen molar-refractivity contribution >= 4 is 0 Å². The van der Waals surface area contributed by atoms with Gasteiger partial charge in [0.1, 0.15) is 0 Å². The first-order valence-electron chi connectivity index (χ1n) is 9.01. The predicted molar refractivity (Wildman–Crippen MR) is 88.9 cm³/mol. The van der Waals surface area contributed by atoms with E-state index in [1.807, 2.05) is 0 Å². The van der Waals surface area contributed by atoms with Crippen LogP contribution in [0.25, 0.3) is 0 Å².